The molecular weight excluding hydrogens is 570 g/mol. The maximum atomic E-state index is 13.8. The molecule has 3 fully saturated rings. The summed E-state index contributed by atoms with van der Waals surface area (Å²) < 4.78 is 27.6. The van der Waals surface area contributed by atoms with Gasteiger partial charge in [-0.25, -0.2) is 8.78 Å². The van der Waals surface area contributed by atoms with Crippen molar-refractivity contribution in [2.45, 2.75) is 113 Å². The van der Waals surface area contributed by atoms with Gasteiger partial charge in [-0.3, -0.25) is 19.6 Å². The Kier molecular flexibility index (Phi) is 10.8. The second-order valence-electron chi connectivity index (χ2n) is 13.9. The Morgan fingerprint density at radius 3 is 2.71 bits per heavy atom. The van der Waals surface area contributed by atoms with Crippen LogP contribution in [0.15, 0.2) is 48.7 Å². The van der Waals surface area contributed by atoms with Crippen LogP contribution in [-0.4, -0.2) is 77.5 Å². The van der Waals surface area contributed by atoms with E-state index in [9.17, 15) is 13.6 Å². The lowest BCUT2D eigenvalue weighted by atomic mass is 9.86. The van der Waals surface area contributed by atoms with Gasteiger partial charge in [0.15, 0.2) is 0 Å². The first kappa shape index (κ1) is 32.5. The molecule has 1 saturated carbocycles. The van der Waals surface area contributed by atoms with Gasteiger partial charge in [0.05, 0.1) is 17.8 Å². The smallest absolute Gasteiger partial charge is 0.248 e. The van der Waals surface area contributed by atoms with Gasteiger partial charge < -0.3 is 16.4 Å². The van der Waals surface area contributed by atoms with Gasteiger partial charge in [0.2, 0.25) is 11.8 Å². The van der Waals surface area contributed by atoms with Gasteiger partial charge in [0, 0.05) is 62.7 Å². The number of nitrogens with zero attached hydrogens (tertiary/aromatic N) is 3. The molecule has 2 bridgehead atoms. The van der Waals surface area contributed by atoms with Crippen LogP contribution in [0.4, 0.5) is 8.78 Å². The van der Waals surface area contributed by atoms with Gasteiger partial charge in [-0.15, -0.1) is 0 Å². The number of alkyl halides is 2. The summed E-state index contributed by atoms with van der Waals surface area (Å²) >= 11 is 0. The van der Waals surface area contributed by atoms with Gasteiger partial charge in [-0.05, 0) is 94.5 Å². The number of hydrogen-bond acceptors (Lipinski definition) is 6. The number of aryl methyl sites for hydroxylation is 1. The lowest BCUT2D eigenvalue weighted by Gasteiger charge is -2.45. The van der Waals surface area contributed by atoms with E-state index in [1.54, 1.807) is 0 Å². The number of amides is 1. The Balaban J connectivity index is 1.13. The monoisotopic (exact) mass is 622 g/mol. The molecule has 7 nitrogen and oxygen atoms in total. The molecule has 2 aromatic rings. The minimum atomic E-state index is -2.63. The van der Waals surface area contributed by atoms with Crippen molar-refractivity contribution in [3.05, 3.63) is 65.5 Å². The number of aromatic nitrogens is 1. The van der Waals surface area contributed by atoms with E-state index in [1.807, 2.05) is 24.4 Å². The van der Waals surface area contributed by atoms with E-state index in [2.05, 4.69) is 44.7 Å². The van der Waals surface area contributed by atoms with E-state index in [4.69, 9.17) is 10.7 Å². The van der Waals surface area contributed by atoms with Crippen molar-refractivity contribution >= 4 is 5.91 Å². The fourth-order valence-electron chi connectivity index (χ4n) is 8.48. The average molecular weight is 623 g/mol. The largest absolute Gasteiger partial charge is 0.349 e. The topological polar surface area (TPSA) is 86.5 Å². The molecule has 0 spiro atoms. The Labute approximate surface area is 267 Å². The second kappa shape index (κ2) is 15.0. The number of rotatable bonds is 13. The van der Waals surface area contributed by atoms with Gasteiger partial charge in [-0.1, -0.05) is 36.4 Å². The van der Waals surface area contributed by atoms with Crippen molar-refractivity contribution in [2.24, 2.45) is 11.7 Å². The number of nitrogens with one attached hydrogen (secondary N) is 2. The molecule has 4 N–H and O–H groups in total. The standard InChI is InChI=1S/C36H52F2N6O/c37-36(38)18-15-28(16-19-36)35(45)42-30(26-8-2-1-3-9-26)17-23-44-29-13-14-32(44)31(41-24-29)25-43(22-5-4-20-39)33-12-6-10-27-11-7-21-40-34(27)33/h1-3,7-9,11,21,28-33,41H,4-6,10,12-20,22-25,39H2,(H,42,45)/t29-,30+,31+,32-,33+/m1/s1. The number of benzene rings is 1. The van der Waals surface area contributed by atoms with Crippen LogP contribution < -0.4 is 16.4 Å². The molecule has 5 atom stereocenters. The van der Waals surface area contributed by atoms with Crippen LogP contribution in [0.5, 0.6) is 0 Å². The molecule has 0 radical (unpaired) electrons. The third-order valence-electron chi connectivity index (χ3n) is 11.0. The van der Waals surface area contributed by atoms with Crippen LogP contribution in [0, 0.1) is 5.92 Å². The molecule has 3 heterocycles. The molecule has 0 unspecified atom stereocenters. The number of carbonyl (C=O) groups excluding carboxylic acids is 1. The Bertz CT molecular complexity index is 1240. The molecule has 2 aliphatic heterocycles. The highest BCUT2D eigenvalue weighted by Gasteiger charge is 2.44. The Morgan fingerprint density at radius 1 is 1.09 bits per heavy atom. The molecule has 6 rings (SSSR count). The number of nitrogens with two attached hydrogens (primary N) is 1. The number of hydrogen-bond donors (Lipinski definition) is 3. The van der Waals surface area contributed by atoms with Crippen molar-refractivity contribution in [2.75, 3.05) is 32.7 Å². The second-order valence-corrected chi connectivity index (χ2v) is 13.9. The fraction of sp³-hybridized carbons (Fsp3) is 0.667. The first-order chi connectivity index (χ1) is 21.9. The average Bonchev–Trinajstić information content (AvgIpc) is 3.35. The summed E-state index contributed by atoms with van der Waals surface area (Å²) in [6.45, 7) is 4.62. The predicted molar refractivity (Wildman–Crippen MR) is 174 cm³/mol. The van der Waals surface area contributed by atoms with Crippen molar-refractivity contribution in [3.8, 4) is 0 Å². The van der Waals surface area contributed by atoms with Gasteiger partial charge >= 0.3 is 0 Å². The SMILES string of the molecule is NCCCCN(C[C@@H]1NC[C@H]2CC[C@H]1N2CC[C@H](NC(=O)C1CCC(F)(F)CC1)c1ccccc1)[C@H]1CCCc2cccnc21. The minimum Gasteiger partial charge on any atom is -0.349 e. The normalized spacial score (nSPS) is 27.3. The van der Waals surface area contributed by atoms with Crippen LogP contribution in [0.1, 0.15) is 99.5 Å². The quantitative estimate of drug-likeness (QED) is 0.260. The van der Waals surface area contributed by atoms with Crippen LogP contribution >= 0.6 is 0 Å². The van der Waals surface area contributed by atoms with Gasteiger partial charge in [-0.2, -0.15) is 0 Å². The Morgan fingerprint density at radius 2 is 1.91 bits per heavy atom. The zero-order chi connectivity index (χ0) is 31.2. The lowest BCUT2D eigenvalue weighted by molar-refractivity contribution is -0.130. The summed E-state index contributed by atoms with van der Waals surface area (Å²) in [7, 11) is 0. The molecule has 2 aliphatic carbocycles. The molecule has 2 saturated heterocycles. The van der Waals surface area contributed by atoms with E-state index in [1.165, 1.54) is 30.5 Å². The zero-order valence-corrected chi connectivity index (χ0v) is 26.7. The highest BCUT2D eigenvalue weighted by atomic mass is 19.3. The van der Waals surface area contributed by atoms with E-state index in [0.29, 0.717) is 24.2 Å². The number of unbranched alkanes of at least 4 members (excludes halogenated alkanes) is 1. The molecular formula is C36H52F2N6O. The molecule has 1 aromatic carbocycles. The van der Waals surface area contributed by atoms with Gasteiger partial charge in [0.1, 0.15) is 0 Å². The molecule has 45 heavy (non-hydrogen) atoms. The maximum Gasteiger partial charge on any atom is 0.248 e. The number of piperazine rings is 1. The van der Waals surface area contributed by atoms with Crippen LogP contribution in [0.3, 0.4) is 0 Å². The first-order valence-corrected chi connectivity index (χ1v) is 17.5. The molecule has 1 aromatic heterocycles. The zero-order valence-electron chi connectivity index (χ0n) is 26.7. The summed E-state index contributed by atoms with van der Waals surface area (Å²) in [5.74, 6) is -3.04. The number of pyridine rings is 1. The van der Waals surface area contributed by atoms with Crippen LogP contribution in [0.2, 0.25) is 0 Å². The molecule has 4 aliphatic rings. The summed E-state index contributed by atoms with van der Waals surface area (Å²) in [5, 5.41) is 7.23. The first-order valence-electron chi connectivity index (χ1n) is 17.5. The number of halogens is 2. The van der Waals surface area contributed by atoms with Crippen molar-refractivity contribution in [1.82, 2.24) is 25.4 Å². The third-order valence-corrected chi connectivity index (χ3v) is 11.0. The summed E-state index contributed by atoms with van der Waals surface area (Å²) in [5.41, 5.74) is 9.64. The van der Waals surface area contributed by atoms with Crippen molar-refractivity contribution < 1.29 is 13.6 Å². The number of carbonyl (C=O) groups is 1. The highest BCUT2D eigenvalue weighted by Crippen LogP contribution is 2.38. The molecule has 1 amide bonds. The van der Waals surface area contributed by atoms with Gasteiger partial charge in [0.25, 0.3) is 0 Å². The van der Waals surface area contributed by atoms with E-state index in [-0.39, 0.29) is 43.6 Å². The lowest BCUT2D eigenvalue weighted by Crippen LogP contribution is -2.61. The van der Waals surface area contributed by atoms with Crippen LogP contribution in [0.25, 0.3) is 0 Å². The van der Waals surface area contributed by atoms with E-state index in [0.717, 1.165) is 70.4 Å². The minimum absolute atomic E-state index is 0.0741. The van der Waals surface area contributed by atoms with E-state index >= 15 is 0 Å². The van der Waals surface area contributed by atoms with Crippen LogP contribution in [-0.2, 0) is 11.2 Å². The highest BCUT2D eigenvalue weighted by molar-refractivity contribution is 5.79. The summed E-state index contributed by atoms with van der Waals surface area (Å²) in [6.07, 6.45) is 10.8. The summed E-state index contributed by atoms with van der Waals surface area (Å²) in [4.78, 5) is 23.6. The molecule has 9 heteroatoms. The molecule has 246 valence electrons. The Hall–Kier alpha value is -2.46. The number of fused-ring (bicyclic) bond motifs is 3. The van der Waals surface area contributed by atoms with Crippen molar-refractivity contribution in [1.29, 1.82) is 0 Å². The summed E-state index contributed by atoms with van der Waals surface area (Å²) in [6, 6.07) is 16.0. The van der Waals surface area contributed by atoms with Crippen molar-refractivity contribution in [3.63, 3.8) is 0 Å². The fourth-order valence-corrected chi connectivity index (χ4v) is 8.48. The van der Waals surface area contributed by atoms with E-state index < -0.39 is 5.92 Å². The predicted octanol–water partition coefficient (Wildman–Crippen LogP) is 5.38. The third kappa shape index (κ3) is 7.92. The maximum absolute atomic E-state index is 13.8.